The van der Waals surface area contributed by atoms with Crippen molar-refractivity contribution < 1.29 is 76.0 Å². The number of carbonyl (C=O) groups is 3. The minimum atomic E-state index is -1.62. The highest BCUT2D eigenvalue weighted by Gasteiger charge is 2.57. The van der Waals surface area contributed by atoms with Crippen molar-refractivity contribution in [3.05, 3.63) is 200 Å². The zero-order valence-electron chi connectivity index (χ0n) is 44.6. The molecule has 3 aliphatic heterocycles. The van der Waals surface area contributed by atoms with Gasteiger partial charge in [0.1, 0.15) is 74.1 Å². The minimum Gasteiger partial charge on any atom is -0.463 e. The van der Waals surface area contributed by atoms with E-state index < -0.39 is 123 Å². The lowest BCUT2D eigenvalue weighted by Crippen LogP contribution is -2.67. The number of nitrogens with zero attached hydrogens (tertiary/aromatic N) is 6. The Bertz CT molecular complexity index is 2820. The molecule has 3 fully saturated rings. The summed E-state index contributed by atoms with van der Waals surface area (Å²) in [6.45, 7) is 2.11. The van der Waals surface area contributed by atoms with Gasteiger partial charge in [-0.2, -0.15) is 0 Å². The Balaban J connectivity index is 1.23. The van der Waals surface area contributed by atoms with Gasteiger partial charge < -0.3 is 61.6 Å². The van der Waals surface area contributed by atoms with Gasteiger partial charge in [0.2, 0.25) is 0 Å². The van der Waals surface area contributed by atoms with E-state index in [1.807, 2.05) is 97.9 Å². The Hall–Kier alpha value is -7.27. The van der Waals surface area contributed by atoms with Crippen molar-refractivity contribution in [3.63, 3.8) is 0 Å². The molecule has 0 aromatic heterocycles. The molecule has 8 unspecified atom stereocenters. The first-order chi connectivity index (χ1) is 39.1. The molecule has 0 bridgehead atoms. The molecule has 3 aliphatic rings. The number of hydrogen-bond donors (Lipinski definition) is 0. The fourth-order valence-electron chi connectivity index (χ4n) is 9.74. The second-order valence-corrected chi connectivity index (χ2v) is 18.9. The number of azide groups is 2. The molecule has 5 aromatic carbocycles. The van der Waals surface area contributed by atoms with Gasteiger partial charge in [0.15, 0.2) is 25.0 Å². The molecule has 0 aliphatic carbocycles. The van der Waals surface area contributed by atoms with Crippen molar-refractivity contribution in [2.24, 2.45) is 10.2 Å². The lowest BCUT2D eigenvalue weighted by Gasteiger charge is -2.51. The average Bonchev–Trinajstić information content (AvgIpc) is 3.51. The predicted molar refractivity (Wildman–Crippen MR) is 284 cm³/mol. The van der Waals surface area contributed by atoms with Gasteiger partial charge in [-0.1, -0.05) is 145 Å². The summed E-state index contributed by atoms with van der Waals surface area (Å²) in [6, 6.07) is 41.8. The largest absolute Gasteiger partial charge is 0.463 e. The van der Waals surface area contributed by atoms with Gasteiger partial charge >= 0.3 is 17.9 Å². The summed E-state index contributed by atoms with van der Waals surface area (Å²) in [6.07, 6.45) is -16.2. The zero-order chi connectivity index (χ0) is 56.2. The van der Waals surface area contributed by atoms with E-state index in [-0.39, 0.29) is 30.9 Å². The Morgan fingerprint density at radius 1 is 0.475 bits per heavy atom. The summed E-state index contributed by atoms with van der Waals surface area (Å²) >= 11 is 0. The maximum atomic E-state index is 14.6. The van der Waals surface area contributed by atoms with Crippen LogP contribution in [0.15, 0.2) is 162 Å². The SMILES string of the molecule is CCC1OC(OC)[C@@H](N=[N+]=[N-])[C@H](OCc2ccccc2)C1O[C@@H]1O[C@@H](COC(C)=O)[C@@H](OC2OC(COC(=O)c3ccccc3)C(OC)[C@@H](OCc3ccccc3)[C@@H]2N=[N+]=[N-])C(OCc2ccccc2)C1OC(=O)c1ccccc1. The Morgan fingerprint density at radius 3 is 1.38 bits per heavy atom. The second-order valence-electron chi connectivity index (χ2n) is 18.9. The van der Waals surface area contributed by atoms with E-state index in [4.69, 9.17) is 61.6 Å². The van der Waals surface area contributed by atoms with Crippen LogP contribution in [0.5, 0.6) is 0 Å². The van der Waals surface area contributed by atoms with Gasteiger partial charge in [0, 0.05) is 31.0 Å². The van der Waals surface area contributed by atoms with Crippen LogP contribution in [-0.2, 0) is 86.2 Å². The molecule has 422 valence electrons. The molecule has 0 saturated carbocycles. The molecule has 0 spiro atoms. The summed E-state index contributed by atoms with van der Waals surface area (Å²) in [5, 5.41) is 8.27. The first kappa shape index (κ1) is 58.9. The van der Waals surface area contributed by atoms with Crippen LogP contribution >= 0.6 is 0 Å². The van der Waals surface area contributed by atoms with Crippen LogP contribution in [-0.4, -0.2) is 137 Å². The van der Waals surface area contributed by atoms with Gasteiger partial charge in [-0.3, -0.25) is 4.79 Å². The number of ether oxygens (including phenoxy) is 13. The molecule has 15 atom stereocenters. The van der Waals surface area contributed by atoms with Crippen LogP contribution in [0.3, 0.4) is 0 Å². The van der Waals surface area contributed by atoms with E-state index in [1.165, 1.54) is 21.1 Å². The molecule has 5 aromatic rings. The first-order valence-electron chi connectivity index (χ1n) is 26.1. The van der Waals surface area contributed by atoms with E-state index in [1.54, 1.807) is 60.7 Å². The normalized spacial score (nSPS) is 28.3. The zero-order valence-corrected chi connectivity index (χ0v) is 44.6. The number of methoxy groups -OCH3 is 2. The third kappa shape index (κ3) is 15.3. The highest BCUT2D eigenvalue weighted by atomic mass is 16.8. The third-order valence-electron chi connectivity index (χ3n) is 13.6. The van der Waals surface area contributed by atoms with Crippen LogP contribution in [0, 0.1) is 0 Å². The monoisotopic (exact) mass is 1100 g/mol. The molecule has 22 nitrogen and oxygen atoms in total. The molecule has 0 radical (unpaired) electrons. The first-order valence-corrected chi connectivity index (χ1v) is 26.1. The number of hydrogen-bond acceptors (Lipinski definition) is 18. The molecule has 8 rings (SSSR count). The van der Waals surface area contributed by atoms with E-state index in [0.29, 0.717) is 12.0 Å². The van der Waals surface area contributed by atoms with E-state index in [2.05, 4.69) is 20.1 Å². The molecule has 80 heavy (non-hydrogen) atoms. The maximum Gasteiger partial charge on any atom is 0.338 e. The molecular weight excluding hydrogens is 1040 g/mol. The minimum absolute atomic E-state index is 0.0123. The topological polar surface area (TPSA) is 269 Å². The molecule has 3 heterocycles. The second kappa shape index (κ2) is 29.8. The van der Waals surface area contributed by atoms with Crippen LogP contribution in [0.1, 0.15) is 57.7 Å². The summed E-state index contributed by atoms with van der Waals surface area (Å²) < 4.78 is 84.0. The van der Waals surface area contributed by atoms with Crippen molar-refractivity contribution >= 4 is 17.9 Å². The number of benzene rings is 5. The lowest BCUT2D eigenvalue weighted by molar-refractivity contribution is -0.371. The van der Waals surface area contributed by atoms with E-state index in [9.17, 15) is 25.4 Å². The highest BCUT2D eigenvalue weighted by Crippen LogP contribution is 2.39. The van der Waals surface area contributed by atoms with Crippen molar-refractivity contribution in [2.75, 3.05) is 27.4 Å². The van der Waals surface area contributed by atoms with Crippen LogP contribution in [0.25, 0.3) is 20.9 Å². The standard InChI is InChI=1S/C58H64N6O16/c1-5-42-48(51(45(61-63-59)56(69-4)75-42)72-32-38-23-13-7-14-24-38)80-58-53(78-55(67)41-29-19-10-20-30-41)52(73-33-39-25-15-8-16-26-39)49(44(77-58)34-70-36(2)65)79-57-46(62-64-60)50(71-31-37-21-11-6-12-22-37)47(68-3)43(76-57)35-74-54(66)40-27-17-9-18-28-40/h6-30,42-53,56-58H,5,31-35H2,1-4H3/t42?,43?,44-,45-,46-,47?,48?,49+,50-,51-,52?,53?,56?,57?,58-/m0/s1. The quantitative estimate of drug-likeness (QED) is 0.0174. The Kier molecular flexibility index (Phi) is 21.9. The van der Waals surface area contributed by atoms with Crippen molar-refractivity contribution in [3.8, 4) is 0 Å². The van der Waals surface area contributed by atoms with Gasteiger partial charge in [-0.15, -0.1) is 0 Å². The highest BCUT2D eigenvalue weighted by molar-refractivity contribution is 5.89. The van der Waals surface area contributed by atoms with Gasteiger partial charge in [0.05, 0.1) is 37.1 Å². The average molecular weight is 1100 g/mol. The fourth-order valence-corrected chi connectivity index (χ4v) is 9.74. The van der Waals surface area contributed by atoms with Gasteiger partial charge in [-0.05, 0) is 58.4 Å². The fraction of sp³-hybridized carbons (Fsp3) is 0.431. The maximum absolute atomic E-state index is 14.6. The van der Waals surface area contributed by atoms with Gasteiger partial charge in [0.25, 0.3) is 0 Å². The van der Waals surface area contributed by atoms with Crippen molar-refractivity contribution in [2.45, 2.75) is 132 Å². The third-order valence-corrected chi connectivity index (χ3v) is 13.6. The van der Waals surface area contributed by atoms with Crippen molar-refractivity contribution in [1.82, 2.24) is 0 Å². The lowest BCUT2D eigenvalue weighted by atomic mass is 9.93. The Labute approximate surface area is 462 Å². The van der Waals surface area contributed by atoms with E-state index >= 15 is 0 Å². The summed E-state index contributed by atoms with van der Waals surface area (Å²) in [4.78, 5) is 47.2. The molecular formula is C58H64N6O16. The summed E-state index contributed by atoms with van der Waals surface area (Å²) in [5.41, 5.74) is 22.9. The number of rotatable bonds is 25. The smallest absolute Gasteiger partial charge is 0.338 e. The van der Waals surface area contributed by atoms with Crippen LogP contribution in [0.2, 0.25) is 0 Å². The van der Waals surface area contributed by atoms with Crippen LogP contribution < -0.4 is 0 Å². The Morgan fingerprint density at radius 2 is 0.887 bits per heavy atom. The van der Waals surface area contributed by atoms with Crippen LogP contribution in [0.4, 0.5) is 0 Å². The van der Waals surface area contributed by atoms with Crippen molar-refractivity contribution in [1.29, 1.82) is 0 Å². The summed E-state index contributed by atoms with van der Waals surface area (Å²) in [5.74, 6) is -2.16. The number of esters is 3. The van der Waals surface area contributed by atoms with Gasteiger partial charge in [-0.25, -0.2) is 9.59 Å². The summed E-state index contributed by atoms with van der Waals surface area (Å²) in [7, 11) is 2.83. The molecule has 3 saturated heterocycles. The molecule has 0 N–H and O–H groups in total. The molecule has 22 heteroatoms. The molecule has 0 amide bonds. The predicted octanol–water partition coefficient (Wildman–Crippen LogP) is 8.76. The number of carbonyl (C=O) groups excluding carboxylic acids is 3. The van der Waals surface area contributed by atoms with E-state index in [0.717, 1.165) is 11.1 Å².